The molecule has 184 valence electrons. The Hall–Kier alpha value is -4.19. The fourth-order valence-corrected chi connectivity index (χ4v) is 4.66. The van der Waals surface area contributed by atoms with Crippen LogP contribution in [0.2, 0.25) is 0 Å². The second-order valence-corrected chi connectivity index (χ2v) is 8.87. The molecule has 2 atom stereocenters. The number of methoxy groups -OCH3 is 1. The van der Waals surface area contributed by atoms with Crippen molar-refractivity contribution >= 4 is 23.9 Å². The lowest BCUT2D eigenvalue weighted by atomic mass is 9.90. The van der Waals surface area contributed by atoms with Gasteiger partial charge in [-0.25, -0.2) is 4.79 Å². The van der Waals surface area contributed by atoms with Gasteiger partial charge < -0.3 is 14.5 Å². The Labute approximate surface area is 211 Å². The van der Waals surface area contributed by atoms with E-state index >= 15 is 0 Å². The first-order chi connectivity index (χ1) is 17.5. The monoisotopic (exact) mass is 482 g/mol. The average Bonchev–Trinajstić information content (AvgIpc) is 3.38. The van der Waals surface area contributed by atoms with E-state index in [9.17, 15) is 14.4 Å². The van der Waals surface area contributed by atoms with Crippen LogP contribution in [0.4, 0.5) is 0 Å². The first kappa shape index (κ1) is 24.9. The molecule has 36 heavy (non-hydrogen) atoms. The summed E-state index contributed by atoms with van der Waals surface area (Å²) in [5.41, 5.74) is 2.61. The highest BCUT2D eigenvalue weighted by Gasteiger charge is 2.44. The second-order valence-electron chi connectivity index (χ2n) is 8.87. The van der Waals surface area contributed by atoms with Gasteiger partial charge in [-0.2, -0.15) is 0 Å². The van der Waals surface area contributed by atoms with Crippen molar-refractivity contribution in [3.8, 4) is 0 Å². The zero-order valence-electron chi connectivity index (χ0n) is 20.5. The van der Waals surface area contributed by atoms with E-state index in [1.807, 2.05) is 91.0 Å². The molecule has 3 aromatic rings. The molecule has 1 heterocycles. The number of amides is 2. The van der Waals surface area contributed by atoms with Crippen LogP contribution >= 0.6 is 0 Å². The van der Waals surface area contributed by atoms with Gasteiger partial charge in [0.25, 0.3) is 0 Å². The van der Waals surface area contributed by atoms with Gasteiger partial charge in [-0.3, -0.25) is 9.59 Å². The maximum atomic E-state index is 14.0. The van der Waals surface area contributed by atoms with Crippen LogP contribution in [-0.4, -0.2) is 60.4 Å². The maximum absolute atomic E-state index is 14.0. The number of carbonyl (C=O) groups is 3. The molecule has 1 saturated heterocycles. The van der Waals surface area contributed by atoms with Crippen molar-refractivity contribution in [2.75, 3.05) is 20.7 Å². The molecule has 0 bridgehead atoms. The molecule has 0 aromatic heterocycles. The molecule has 1 aliphatic rings. The van der Waals surface area contributed by atoms with Gasteiger partial charge in [0.2, 0.25) is 11.8 Å². The molecule has 6 nitrogen and oxygen atoms in total. The van der Waals surface area contributed by atoms with Crippen LogP contribution in [-0.2, 0) is 19.1 Å². The number of rotatable bonds is 7. The summed E-state index contributed by atoms with van der Waals surface area (Å²) in [4.78, 5) is 42.9. The Morgan fingerprint density at radius 2 is 1.42 bits per heavy atom. The number of likely N-dealkylation sites (N-methyl/N-ethyl adjacent to an activating group) is 1. The van der Waals surface area contributed by atoms with Crippen LogP contribution in [0.3, 0.4) is 0 Å². The van der Waals surface area contributed by atoms with Crippen molar-refractivity contribution in [3.05, 3.63) is 114 Å². The Bertz CT molecular complexity index is 1170. The quantitative estimate of drug-likeness (QED) is 0.375. The highest BCUT2D eigenvalue weighted by Crippen LogP contribution is 2.32. The van der Waals surface area contributed by atoms with E-state index in [2.05, 4.69) is 0 Å². The van der Waals surface area contributed by atoms with Gasteiger partial charge in [0.15, 0.2) is 0 Å². The molecule has 0 aliphatic carbocycles. The summed E-state index contributed by atoms with van der Waals surface area (Å²) in [7, 11) is 3.03. The molecule has 0 spiro atoms. The third-order valence-electron chi connectivity index (χ3n) is 6.66. The summed E-state index contributed by atoms with van der Waals surface area (Å²) < 4.78 is 5.05. The Morgan fingerprint density at radius 1 is 0.889 bits per heavy atom. The Kier molecular flexibility index (Phi) is 7.95. The zero-order chi connectivity index (χ0) is 25.5. The molecular weight excluding hydrogens is 452 g/mol. The number of carbonyl (C=O) groups excluding carboxylic acids is 3. The number of likely N-dealkylation sites (tertiary alicyclic amines) is 1. The third kappa shape index (κ3) is 5.54. The molecule has 6 heteroatoms. The van der Waals surface area contributed by atoms with Crippen LogP contribution in [0.15, 0.2) is 97.1 Å². The fourth-order valence-electron chi connectivity index (χ4n) is 4.66. The molecule has 0 radical (unpaired) electrons. The molecule has 4 rings (SSSR count). The predicted molar refractivity (Wildman–Crippen MR) is 139 cm³/mol. The number of hydrogen-bond donors (Lipinski definition) is 0. The molecule has 0 saturated carbocycles. The minimum Gasteiger partial charge on any atom is -0.467 e. The van der Waals surface area contributed by atoms with E-state index in [4.69, 9.17) is 4.74 Å². The van der Waals surface area contributed by atoms with Crippen molar-refractivity contribution in [2.24, 2.45) is 0 Å². The smallest absolute Gasteiger partial charge is 0.328 e. The lowest BCUT2D eigenvalue weighted by Gasteiger charge is -2.28. The van der Waals surface area contributed by atoms with Gasteiger partial charge in [0.05, 0.1) is 19.1 Å². The van der Waals surface area contributed by atoms with Crippen LogP contribution in [0, 0.1) is 0 Å². The van der Waals surface area contributed by atoms with Gasteiger partial charge in [-0.05, 0) is 22.8 Å². The van der Waals surface area contributed by atoms with E-state index in [0.717, 1.165) is 16.7 Å². The maximum Gasteiger partial charge on any atom is 0.328 e. The SMILES string of the molecule is COC(=O)C1C[C@H](N(C)C(=O)/C=C/c2ccccc2)CN1C(=O)C(c1ccccc1)c1ccccc1. The van der Waals surface area contributed by atoms with E-state index in [1.54, 1.807) is 22.9 Å². The molecule has 1 fully saturated rings. The molecule has 1 aliphatic heterocycles. The van der Waals surface area contributed by atoms with E-state index < -0.39 is 17.9 Å². The topological polar surface area (TPSA) is 66.9 Å². The van der Waals surface area contributed by atoms with Crippen LogP contribution < -0.4 is 0 Å². The largest absolute Gasteiger partial charge is 0.467 e. The van der Waals surface area contributed by atoms with Crippen molar-refractivity contribution in [2.45, 2.75) is 24.4 Å². The fraction of sp³-hybridized carbons (Fsp3) is 0.233. The summed E-state index contributed by atoms with van der Waals surface area (Å²) in [5, 5.41) is 0. The molecular formula is C30H30N2O4. The van der Waals surface area contributed by atoms with E-state index in [0.29, 0.717) is 6.42 Å². The third-order valence-corrected chi connectivity index (χ3v) is 6.66. The van der Waals surface area contributed by atoms with Crippen LogP contribution in [0.5, 0.6) is 0 Å². The number of esters is 1. The normalized spacial score (nSPS) is 17.4. The molecule has 0 N–H and O–H groups in total. The van der Waals surface area contributed by atoms with E-state index in [-0.39, 0.29) is 24.4 Å². The first-order valence-corrected chi connectivity index (χ1v) is 12.0. The lowest BCUT2D eigenvalue weighted by Crippen LogP contribution is -2.44. The van der Waals surface area contributed by atoms with E-state index in [1.165, 1.54) is 13.2 Å². The highest BCUT2D eigenvalue weighted by molar-refractivity contribution is 5.93. The summed E-state index contributed by atoms with van der Waals surface area (Å²) >= 11 is 0. The molecule has 2 amide bonds. The van der Waals surface area contributed by atoms with Crippen molar-refractivity contribution < 1.29 is 19.1 Å². The molecule has 1 unspecified atom stereocenters. The summed E-state index contributed by atoms with van der Waals surface area (Å²) in [6, 6.07) is 27.5. The van der Waals surface area contributed by atoms with Gasteiger partial charge in [-0.1, -0.05) is 91.0 Å². The Balaban J connectivity index is 1.59. The lowest BCUT2D eigenvalue weighted by molar-refractivity contribution is -0.151. The number of nitrogens with zero attached hydrogens (tertiary/aromatic N) is 2. The van der Waals surface area contributed by atoms with Crippen molar-refractivity contribution in [1.82, 2.24) is 9.80 Å². The number of benzene rings is 3. The summed E-state index contributed by atoms with van der Waals surface area (Å²) in [5.74, 6) is -1.43. The van der Waals surface area contributed by atoms with Crippen molar-refractivity contribution in [3.63, 3.8) is 0 Å². The second kappa shape index (κ2) is 11.5. The van der Waals surface area contributed by atoms with Gasteiger partial charge >= 0.3 is 5.97 Å². The minimum absolute atomic E-state index is 0.189. The number of hydrogen-bond acceptors (Lipinski definition) is 4. The first-order valence-electron chi connectivity index (χ1n) is 12.0. The Morgan fingerprint density at radius 3 is 1.94 bits per heavy atom. The number of ether oxygens (including phenoxy) is 1. The van der Waals surface area contributed by atoms with Crippen molar-refractivity contribution in [1.29, 1.82) is 0 Å². The standard InChI is InChI=1S/C30H30N2O4/c1-31(27(33)19-18-22-12-6-3-7-13-22)25-20-26(30(35)36-2)32(21-25)29(34)28(23-14-8-4-9-15-23)24-16-10-5-11-17-24/h3-19,25-26,28H,20-21H2,1-2H3/b19-18+/t25-,26?/m0/s1. The van der Waals surface area contributed by atoms with Crippen LogP contribution in [0.1, 0.15) is 29.0 Å². The van der Waals surface area contributed by atoms with Crippen LogP contribution in [0.25, 0.3) is 6.08 Å². The summed E-state index contributed by atoms with van der Waals surface area (Å²) in [6.45, 7) is 0.246. The predicted octanol–water partition coefficient (Wildman–Crippen LogP) is 4.13. The zero-order valence-corrected chi connectivity index (χ0v) is 20.5. The average molecular weight is 483 g/mol. The van der Waals surface area contributed by atoms with Gasteiger partial charge in [-0.15, -0.1) is 0 Å². The highest BCUT2D eigenvalue weighted by atomic mass is 16.5. The van der Waals surface area contributed by atoms with Gasteiger partial charge in [0.1, 0.15) is 6.04 Å². The summed E-state index contributed by atoms with van der Waals surface area (Å²) in [6.07, 6.45) is 3.59. The minimum atomic E-state index is -0.768. The van der Waals surface area contributed by atoms with Gasteiger partial charge in [0, 0.05) is 26.1 Å². The molecule has 3 aromatic carbocycles.